The van der Waals surface area contributed by atoms with E-state index in [9.17, 15) is 24.0 Å². The van der Waals surface area contributed by atoms with Gasteiger partial charge >= 0.3 is 17.9 Å². The molecule has 0 aliphatic carbocycles. The molecule has 0 bridgehead atoms. The first-order valence-corrected chi connectivity index (χ1v) is 12.8. The minimum absolute atomic E-state index is 0.0649. The molecule has 4 atom stereocenters. The van der Waals surface area contributed by atoms with Crippen LogP contribution in [0.2, 0.25) is 0 Å². The molecule has 41 heavy (non-hydrogen) atoms. The zero-order valence-electron chi connectivity index (χ0n) is 21.6. The smallest absolute Gasteiger partial charge is 0.338 e. The highest BCUT2D eigenvalue weighted by atomic mass is 16.8. The largest absolute Gasteiger partial charge is 0.459 e. The summed E-state index contributed by atoms with van der Waals surface area (Å²) in [6.07, 6.45) is -5.67. The van der Waals surface area contributed by atoms with E-state index in [-0.39, 0.29) is 29.5 Å². The highest BCUT2D eigenvalue weighted by molar-refractivity contribution is 6.00. The lowest BCUT2D eigenvalue weighted by molar-refractivity contribution is -0.269. The van der Waals surface area contributed by atoms with Gasteiger partial charge in [-0.25, -0.2) is 19.2 Å². The molecule has 2 aliphatic heterocycles. The van der Waals surface area contributed by atoms with Crippen LogP contribution in [-0.4, -0.2) is 66.0 Å². The lowest BCUT2D eigenvalue weighted by Gasteiger charge is -2.25. The third-order valence-corrected chi connectivity index (χ3v) is 6.38. The van der Waals surface area contributed by atoms with Crippen molar-refractivity contribution in [3.63, 3.8) is 0 Å². The summed E-state index contributed by atoms with van der Waals surface area (Å²) in [5.41, 5.74) is 0.665. The molecule has 2 saturated heterocycles. The quantitative estimate of drug-likeness (QED) is 0.219. The second-order valence-electron chi connectivity index (χ2n) is 9.17. The van der Waals surface area contributed by atoms with Gasteiger partial charge in [-0.3, -0.25) is 9.59 Å². The Morgan fingerprint density at radius 2 is 1.10 bits per heavy atom. The van der Waals surface area contributed by atoms with E-state index in [0.29, 0.717) is 5.06 Å². The van der Waals surface area contributed by atoms with Gasteiger partial charge in [-0.2, -0.15) is 5.06 Å². The van der Waals surface area contributed by atoms with E-state index in [2.05, 4.69) is 0 Å². The Labute approximate surface area is 234 Å². The Bertz CT molecular complexity index is 1400. The molecule has 0 spiro atoms. The summed E-state index contributed by atoms with van der Waals surface area (Å²) in [4.78, 5) is 68.9. The second-order valence-corrected chi connectivity index (χ2v) is 9.17. The predicted octanol–water partition coefficient (Wildman–Crippen LogP) is 3.10. The number of amides is 2. The van der Waals surface area contributed by atoms with Crippen LogP contribution in [0.4, 0.5) is 0 Å². The molecule has 0 radical (unpaired) electrons. The Morgan fingerprint density at radius 3 is 1.59 bits per heavy atom. The van der Waals surface area contributed by atoms with Gasteiger partial charge in [0.1, 0.15) is 12.7 Å². The topological polar surface area (TPSA) is 135 Å². The van der Waals surface area contributed by atoms with Crippen LogP contribution >= 0.6 is 0 Å². The molecule has 0 N–H and O–H groups in total. The fraction of sp³-hybridized carbons (Fsp3) is 0.233. The normalized spacial score (nSPS) is 21.9. The van der Waals surface area contributed by atoms with Crippen LogP contribution in [0.15, 0.2) is 91.0 Å². The van der Waals surface area contributed by atoms with Crippen molar-refractivity contribution in [1.82, 2.24) is 5.06 Å². The standard InChI is InChI=1S/C30H25NO10/c32-23-16-17-24(33)31(23)41-30-26(40-29(36)21-14-8-3-9-15-21)25(39-28(35)20-12-6-2-7-13-20)22(38-30)18-37-27(34)19-10-4-1-5-11-19/h1-15,22,25-26,30H,16-18H2/t22-,25+,26-,30+/m1/s1. The maximum absolute atomic E-state index is 13.1. The van der Waals surface area contributed by atoms with Crippen molar-refractivity contribution in [2.75, 3.05) is 6.61 Å². The number of carbonyl (C=O) groups excluding carboxylic acids is 5. The molecule has 3 aromatic carbocycles. The van der Waals surface area contributed by atoms with E-state index in [1.807, 2.05) is 0 Å². The number of hydrogen-bond donors (Lipinski definition) is 0. The van der Waals surface area contributed by atoms with Crippen LogP contribution < -0.4 is 0 Å². The van der Waals surface area contributed by atoms with Crippen LogP contribution in [0.25, 0.3) is 0 Å². The second kappa shape index (κ2) is 12.5. The lowest BCUT2D eigenvalue weighted by Crippen LogP contribution is -2.44. The molecule has 5 rings (SSSR count). The number of rotatable bonds is 9. The molecule has 3 aromatic rings. The Morgan fingerprint density at radius 1 is 0.659 bits per heavy atom. The van der Waals surface area contributed by atoms with Gasteiger partial charge in [-0.05, 0) is 36.4 Å². The molecule has 2 heterocycles. The summed E-state index contributed by atoms with van der Waals surface area (Å²) in [5, 5.41) is 0.544. The van der Waals surface area contributed by atoms with Gasteiger partial charge in [0, 0.05) is 12.8 Å². The Balaban J connectivity index is 1.43. The van der Waals surface area contributed by atoms with E-state index in [1.54, 1.807) is 66.7 Å². The summed E-state index contributed by atoms with van der Waals surface area (Å²) in [6, 6.07) is 24.3. The number of nitrogens with zero attached hydrogens (tertiary/aromatic N) is 1. The van der Waals surface area contributed by atoms with Gasteiger partial charge in [-0.1, -0.05) is 54.6 Å². The van der Waals surface area contributed by atoms with Crippen LogP contribution in [0, 0.1) is 0 Å². The molecular weight excluding hydrogens is 534 g/mol. The molecule has 210 valence electrons. The third-order valence-electron chi connectivity index (χ3n) is 6.38. The van der Waals surface area contributed by atoms with Crippen molar-refractivity contribution in [1.29, 1.82) is 0 Å². The number of hydroxylamine groups is 2. The number of benzene rings is 3. The highest BCUT2D eigenvalue weighted by Crippen LogP contribution is 2.31. The fourth-order valence-electron chi connectivity index (χ4n) is 4.30. The predicted molar refractivity (Wildman–Crippen MR) is 139 cm³/mol. The van der Waals surface area contributed by atoms with Crippen molar-refractivity contribution < 1.29 is 47.8 Å². The Kier molecular flexibility index (Phi) is 8.47. The van der Waals surface area contributed by atoms with E-state index in [4.69, 9.17) is 23.8 Å². The van der Waals surface area contributed by atoms with Crippen LogP contribution in [0.1, 0.15) is 43.9 Å². The summed E-state index contributed by atoms with van der Waals surface area (Å²) >= 11 is 0. The monoisotopic (exact) mass is 559 g/mol. The zero-order valence-corrected chi connectivity index (χ0v) is 21.6. The van der Waals surface area contributed by atoms with Crippen LogP contribution in [-0.2, 0) is 33.4 Å². The molecule has 0 unspecified atom stereocenters. The Hall–Kier alpha value is -4.87. The maximum atomic E-state index is 13.1. The van der Waals surface area contributed by atoms with Crippen LogP contribution in [0.5, 0.6) is 0 Å². The van der Waals surface area contributed by atoms with E-state index in [0.717, 1.165) is 0 Å². The first-order chi connectivity index (χ1) is 19.9. The van der Waals surface area contributed by atoms with Crippen molar-refractivity contribution in [3.8, 4) is 0 Å². The van der Waals surface area contributed by atoms with Crippen molar-refractivity contribution in [2.24, 2.45) is 0 Å². The molecule has 0 saturated carbocycles. The van der Waals surface area contributed by atoms with Gasteiger partial charge in [-0.15, -0.1) is 0 Å². The number of imide groups is 1. The average Bonchev–Trinajstić information content (AvgIpc) is 3.50. The fourth-order valence-corrected chi connectivity index (χ4v) is 4.30. The minimum Gasteiger partial charge on any atom is -0.459 e. The van der Waals surface area contributed by atoms with Gasteiger partial charge in [0.05, 0.1) is 16.7 Å². The molecule has 2 fully saturated rings. The molecule has 2 amide bonds. The SMILES string of the molecule is O=C(OC[C@H]1O[C@@H](ON2C(=O)CCC2=O)[C@H](OC(=O)c2ccccc2)[C@H]1OC(=O)c1ccccc1)c1ccccc1. The van der Waals surface area contributed by atoms with Crippen molar-refractivity contribution >= 4 is 29.7 Å². The van der Waals surface area contributed by atoms with Crippen molar-refractivity contribution in [2.45, 2.75) is 37.4 Å². The van der Waals surface area contributed by atoms with E-state index >= 15 is 0 Å². The molecule has 2 aliphatic rings. The summed E-state index contributed by atoms with van der Waals surface area (Å²) in [5.74, 6) is -3.45. The number of esters is 3. The van der Waals surface area contributed by atoms with E-state index < -0.39 is 60.9 Å². The lowest BCUT2D eigenvalue weighted by atomic mass is 10.1. The first-order valence-electron chi connectivity index (χ1n) is 12.8. The maximum Gasteiger partial charge on any atom is 0.338 e. The average molecular weight is 560 g/mol. The summed E-state index contributed by atoms with van der Waals surface area (Å²) < 4.78 is 22.8. The third kappa shape index (κ3) is 6.48. The zero-order chi connectivity index (χ0) is 28.8. The molecule has 11 nitrogen and oxygen atoms in total. The molecular formula is C30H25NO10. The van der Waals surface area contributed by atoms with Gasteiger partial charge < -0.3 is 18.9 Å². The minimum atomic E-state index is -1.55. The number of hydrogen-bond acceptors (Lipinski definition) is 10. The van der Waals surface area contributed by atoms with Gasteiger partial charge in [0.2, 0.25) is 6.29 Å². The summed E-state index contributed by atoms with van der Waals surface area (Å²) in [6.45, 7) is -0.429. The van der Waals surface area contributed by atoms with Gasteiger partial charge in [0.25, 0.3) is 11.8 Å². The number of carbonyl (C=O) groups is 5. The summed E-state index contributed by atoms with van der Waals surface area (Å²) in [7, 11) is 0. The number of ether oxygens (including phenoxy) is 4. The highest BCUT2D eigenvalue weighted by Gasteiger charge is 2.53. The van der Waals surface area contributed by atoms with E-state index in [1.165, 1.54) is 24.3 Å². The molecule has 0 aromatic heterocycles. The first kappa shape index (κ1) is 27.7. The van der Waals surface area contributed by atoms with Crippen molar-refractivity contribution in [3.05, 3.63) is 108 Å². The van der Waals surface area contributed by atoms with Gasteiger partial charge in [0.15, 0.2) is 12.2 Å². The molecule has 11 heteroatoms. The van der Waals surface area contributed by atoms with Crippen LogP contribution in [0.3, 0.4) is 0 Å².